The first-order valence-electron chi connectivity index (χ1n) is 10.1. The molecule has 7 heteroatoms. The van der Waals surface area contributed by atoms with Gasteiger partial charge >= 0.3 is 0 Å². The van der Waals surface area contributed by atoms with Crippen molar-refractivity contribution in [3.8, 4) is 5.75 Å². The summed E-state index contributed by atoms with van der Waals surface area (Å²) < 4.78 is 5.37. The minimum atomic E-state index is -0.480. The number of anilines is 1. The average Bonchev–Trinajstić information content (AvgIpc) is 3.20. The fourth-order valence-corrected chi connectivity index (χ4v) is 3.62. The van der Waals surface area contributed by atoms with Crippen LogP contribution in [-0.4, -0.2) is 24.0 Å². The minimum absolute atomic E-state index is 0.0193. The Kier molecular flexibility index (Phi) is 6.12. The lowest BCUT2D eigenvalue weighted by atomic mass is 10.1. The van der Waals surface area contributed by atoms with Crippen molar-refractivity contribution in [1.82, 2.24) is 5.32 Å². The highest BCUT2D eigenvalue weighted by molar-refractivity contribution is 5.77. The molecule has 0 saturated heterocycles. The second kappa shape index (κ2) is 9.30. The number of fused-ring (bicyclic) bond motifs is 1. The van der Waals surface area contributed by atoms with E-state index in [1.54, 1.807) is 0 Å². The van der Waals surface area contributed by atoms with Gasteiger partial charge in [-0.1, -0.05) is 42.5 Å². The molecule has 0 spiro atoms. The first kappa shape index (κ1) is 20.4. The molecule has 158 valence electrons. The number of nitrogens with one attached hydrogen (secondary N) is 1. The lowest BCUT2D eigenvalue weighted by molar-refractivity contribution is -0.384. The smallest absolute Gasteiger partial charge is 0.269 e. The molecule has 4 rings (SSSR count). The normalized spacial score (nSPS) is 12.3. The van der Waals surface area contributed by atoms with Crippen LogP contribution >= 0.6 is 0 Å². The van der Waals surface area contributed by atoms with Gasteiger partial charge in [0.25, 0.3) is 11.6 Å². The zero-order valence-electron chi connectivity index (χ0n) is 17.0. The topological polar surface area (TPSA) is 84.7 Å². The lowest BCUT2D eigenvalue weighted by Gasteiger charge is -2.19. The van der Waals surface area contributed by atoms with Crippen LogP contribution < -0.4 is 15.0 Å². The van der Waals surface area contributed by atoms with Gasteiger partial charge in [-0.05, 0) is 41.3 Å². The van der Waals surface area contributed by atoms with Gasteiger partial charge < -0.3 is 15.0 Å². The van der Waals surface area contributed by atoms with Gasteiger partial charge in [0.2, 0.25) is 0 Å². The number of benzene rings is 3. The van der Waals surface area contributed by atoms with E-state index in [0.717, 1.165) is 25.1 Å². The lowest BCUT2D eigenvalue weighted by Crippen LogP contribution is -2.28. The number of nitro groups is 1. The Morgan fingerprint density at radius 2 is 1.71 bits per heavy atom. The molecule has 1 N–H and O–H groups in total. The fraction of sp³-hybridized carbons (Fsp3) is 0.208. The number of carbonyl (C=O) groups is 1. The van der Waals surface area contributed by atoms with Crippen molar-refractivity contribution >= 4 is 17.3 Å². The molecule has 0 fully saturated rings. The molecule has 0 atom stereocenters. The third-order valence-electron chi connectivity index (χ3n) is 5.29. The van der Waals surface area contributed by atoms with Crippen LogP contribution in [-0.2, 0) is 24.3 Å². The number of nitrogens with zero attached hydrogens (tertiary/aromatic N) is 2. The quantitative estimate of drug-likeness (QED) is 0.445. The third-order valence-corrected chi connectivity index (χ3v) is 5.29. The van der Waals surface area contributed by atoms with Gasteiger partial charge in [0.05, 0.1) is 4.92 Å². The van der Waals surface area contributed by atoms with Crippen molar-refractivity contribution in [1.29, 1.82) is 0 Å². The molecule has 1 heterocycles. The number of hydrogen-bond acceptors (Lipinski definition) is 5. The maximum atomic E-state index is 12.0. The summed E-state index contributed by atoms with van der Waals surface area (Å²) >= 11 is 0. The van der Waals surface area contributed by atoms with Crippen molar-refractivity contribution < 1.29 is 14.5 Å². The minimum Gasteiger partial charge on any atom is -0.484 e. The van der Waals surface area contributed by atoms with Crippen LogP contribution in [0.2, 0.25) is 0 Å². The van der Waals surface area contributed by atoms with Gasteiger partial charge in [0.15, 0.2) is 6.61 Å². The van der Waals surface area contributed by atoms with E-state index in [1.165, 1.54) is 41.1 Å². The molecule has 0 aliphatic carbocycles. The molecule has 31 heavy (non-hydrogen) atoms. The maximum Gasteiger partial charge on any atom is 0.269 e. The summed E-state index contributed by atoms with van der Waals surface area (Å²) in [6, 6.07) is 22.4. The van der Waals surface area contributed by atoms with E-state index in [4.69, 9.17) is 4.74 Å². The van der Waals surface area contributed by atoms with Crippen LogP contribution in [0.15, 0.2) is 72.8 Å². The number of amides is 1. The molecule has 3 aromatic rings. The number of non-ortho nitro benzene ring substituents is 1. The zero-order chi connectivity index (χ0) is 21.6. The number of rotatable bonds is 8. The number of para-hydroxylation sites is 1. The Bertz CT molecular complexity index is 1060. The molecule has 1 aliphatic rings. The third kappa shape index (κ3) is 5.19. The van der Waals surface area contributed by atoms with Gasteiger partial charge in [-0.25, -0.2) is 0 Å². The van der Waals surface area contributed by atoms with Crippen molar-refractivity contribution in [3.63, 3.8) is 0 Å². The first-order chi connectivity index (χ1) is 15.1. The molecule has 1 amide bonds. The summed E-state index contributed by atoms with van der Waals surface area (Å²) in [5.74, 6) is 0.157. The highest BCUT2D eigenvalue weighted by Gasteiger charge is 2.18. The Balaban J connectivity index is 1.23. The predicted octanol–water partition coefficient (Wildman–Crippen LogP) is 3.85. The maximum absolute atomic E-state index is 12.0. The molecule has 0 aromatic heterocycles. The van der Waals surface area contributed by atoms with Crippen molar-refractivity contribution in [2.45, 2.75) is 19.5 Å². The van der Waals surface area contributed by atoms with E-state index in [2.05, 4.69) is 46.6 Å². The summed E-state index contributed by atoms with van der Waals surface area (Å²) in [5.41, 5.74) is 4.93. The predicted molar refractivity (Wildman–Crippen MR) is 118 cm³/mol. The molecular weight excluding hydrogens is 394 g/mol. The summed E-state index contributed by atoms with van der Waals surface area (Å²) in [6.45, 7) is 2.16. The van der Waals surface area contributed by atoms with Gasteiger partial charge in [0.1, 0.15) is 5.75 Å². The standard InChI is InChI=1S/C24H23N3O4/c28-24(17-31-22-11-9-21(10-12-22)27(29)30)25-15-18-5-7-19(8-6-18)16-26-14-13-20-3-1-2-4-23(20)26/h1-12H,13-17H2,(H,25,28). The van der Waals surface area contributed by atoms with Crippen molar-refractivity contribution in [2.75, 3.05) is 18.1 Å². The monoisotopic (exact) mass is 417 g/mol. The second-order valence-corrected chi connectivity index (χ2v) is 7.43. The van der Waals surface area contributed by atoms with Crippen LogP contribution in [0.25, 0.3) is 0 Å². The largest absolute Gasteiger partial charge is 0.484 e. The molecule has 1 aliphatic heterocycles. The van der Waals surface area contributed by atoms with Gasteiger partial charge in [0, 0.05) is 37.5 Å². The molecule has 0 unspecified atom stereocenters. The molecule has 0 saturated carbocycles. The highest BCUT2D eigenvalue weighted by Crippen LogP contribution is 2.28. The summed E-state index contributed by atoms with van der Waals surface area (Å²) in [6.07, 6.45) is 1.09. The van der Waals surface area contributed by atoms with Crippen LogP contribution in [0.5, 0.6) is 5.75 Å². The van der Waals surface area contributed by atoms with E-state index in [1.807, 2.05) is 12.1 Å². The molecule has 0 radical (unpaired) electrons. The van der Waals surface area contributed by atoms with Gasteiger partial charge in [-0.2, -0.15) is 0 Å². The molecule has 7 nitrogen and oxygen atoms in total. The Morgan fingerprint density at radius 3 is 2.45 bits per heavy atom. The highest BCUT2D eigenvalue weighted by atomic mass is 16.6. The van der Waals surface area contributed by atoms with Gasteiger partial charge in [-0.3, -0.25) is 14.9 Å². The average molecular weight is 417 g/mol. The zero-order valence-corrected chi connectivity index (χ0v) is 17.0. The summed E-state index contributed by atoms with van der Waals surface area (Å²) in [5, 5.41) is 13.5. The number of hydrogen-bond donors (Lipinski definition) is 1. The molecule has 0 bridgehead atoms. The van der Waals surface area contributed by atoms with Gasteiger partial charge in [-0.15, -0.1) is 0 Å². The van der Waals surface area contributed by atoms with Crippen LogP contribution in [0.4, 0.5) is 11.4 Å². The molecular formula is C24H23N3O4. The number of ether oxygens (including phenoxy) is 1. The first-order valence-corrected chi connectivity index (χ1v) is 10.1. The van der Waals surface area contributed by atoms with E-state index in [9.17, 15) is 14.9 Å². The van der Waals surface area contributed by atoms with Crippen LogP contribution in [0.3, 0.4) is 0 Å². The Morgan fingerprint density at radius 1 is 1.00 bits per heavy atom. The summed E-state index contributed by atoms with van der Waals surface area (Å²) in [4.78, 5) is 24.6. The van der Waals surface area contributed by atoms with Crippen molar-refractivity contribution in [3.05, 3.63) is 99.6 Å². The number of nitro benzene ring substituents is 1. The van der Waals surface area contributed by atoms with E-state index < -0.39 is 4.92 Å². The van der Waals surface area contributed by atoms with Crippen molar-refractivity contribution in [2.24, 2.45) is 0 Å². The Hall–Kier alpha value is -3.87. The summed E-state index contributed by atoms with van der Waals surface area (Å²) in [7, 11) is 0. The van der Waals surface area contributed by atoms with Crippen LogP contribution in [0, 0.1) is 10.1 Å². The van der Waals surface area contributed by atoms with E-state index in [-0.39, 0.29) is 18.2 Å². The fourth-order valence-electron chi connectivity index (χ4n) is 3.62. The molecule has 3 aromatic carbocycles. The Labute approximate surface area is 180 Å². The number of carbonyl (C=O) groups excluding carboxylic acids is 1. The second-order valence-electron chi connectivity index (χ2n) is 7.43. The van der Waals surface area contributed by atoms with E-state index in [0.29, 0.717) is 12.3 Å². The van der Waals surface area contributed by atoms with E-state index >= 15 is 0 Å². The SMILES string of the molecule is O=C(COc1ccc([N+](=O)[O-])cc1)NCc1ccc(CN2CCc3ccccc32)cc1. The van der Waals surface area contributed by atoms with Crippen LogP contribution in [0.1, 0.15) is 16.7 Å².